The van der Waals surface area contributed by atoms with Crippen LogP contribution < -0.4 is 4.72 Å². The van der Waals surface area contributed by atoms with Gasteiger partial charge in [0.1, 0.15) is 0 Å². The van der Waals surface area contributed by atoms with E-state index in [0.717, 1.165) is 28.2 Å². The molecule has 9 heteroatoms. The molecular formula is C16H14ClF2IN2OS2. The molecule has 0 fully saturated rings. The van der Waals surface area contributed by atoms with Gasteiger partial charge in [-0.05, 0) is 30.2 Å². The zero-order valence-corrected chi connectivity index (χ0v) is 17.8. The van der Waals surface area contributed by atoms with Crippen molar-refractivity contribution in [2.24, 2.45) is 4.36 Å². The molecule has 0 spiro atoms. The van der Waals surface area contributed by atoms with Gasteiger partial charge in [-0.2, -0.15) is 13.1 Å². The second-order valence-corrected chi connectivity index (χ2v) is 8.44. The van der Waals surface area contributed by atoms with Crippen molar-refractivity contribution in [3.63, 3.8) is 0 Å². The predicted octanol–water partition coefficient (Wildman–Crippen LogP) is 5.80. The Labute approximate surface area is 171 Å². The van der Waals surface area contributed by atoms with E-state index in [0.29, 0.717) is 5.56 Å². The molecule has 2 atom stereocenters. The van der Waals surface area contributed by atoms with E-state index in [1.54, 1.807) is 30.5 Å². The molecule has 1 unspecified atom stereocenters. The first-order valence-corrected chi connectivity index (χ1v) is 10.5. The van der Waals surface area contributed by atoms with Crippen LogP contribution >= 0.6 is 34.2 Å². The molecule has 2 rings (SSSR count). The van der Waals surface area contributed by atoms with Gasteiger partial charge in [0.15, 0.2) is 0 Å². The number of nitrogens with zero attached hydrogens (tertiary/aromatic N) is 1. The Morgan fingerprint density at radius 2 is 1.92 bits per heavy atom. The molecule has 25 heavy (non-hydrogen) atoms. The van der Waals surface area contributed by atoms with Crippen molar-refractivity contribution < 1.29 is 13.0 Å². The lowest BCUT2D eigenvalue weighted by Gasteiger charge is -2.18. The minimum atomic E-state index is -3.13. The number of halogens is 4. The van der Waals surface area contributed by atoms with Crippen LogP contribution in [0.1, 0.15) is 24.1 Å². The summed E-state index contributed by atoms with van der Waals surface area (Å²) in [5, 5.41) is 0.158. The fourth-order valence-corrected chi connectivity index (χ4v) is 3.90. The second kappa shape index (κ2) is 8.43. The predicted molar refractivity (Wildman–Crippen MR) is 110 cm³/mol. The van der Waals surface area contributed by atoms with Gasteiger partial charge in [0.25, 0.3) is 0 Å². The number of rotatable bonds is 6. The van der Waals surface area contributed by atoms with Crippen LogP contribution in [0.4, 0.5) is 14.5 Å². The van der Waals surface area contributed by atoms with Gasteiger partial charge in [0.05, 0.1) is 21.7 Å². The summed E-state index contributed by atoms with van der Waals surface area (Å²) in [7, 11) is -1.15. The van der Waals surface area contributed by atoms with Crippen molar-refractivity contribution in [2.45, 2.75) is 16.9 Å². The highest BCUT2D eigenvalue weighted by Crippen LogP contribution is 2.46. The maximum absolute atomic E-state index is 14.1. The Morgan fingerprint density at radius 1 is 1.32 bits per heavy atom. The first kappa shape index (κ1) is 20.8. The molecule has 1 N–H and O–H groups in total. The number of nitrogens with one attached hydrogen (secondary N) is 1. The zero-order chi connectivity index (χ0) is 18.8. The minimum absolute atomic E-state index is 0.137. The summed E-state index contributed by atoms with van der Waals surface area (Å²) in [5.74, 6) is 0. The summed E-state index contributed by atoms with van der Waals surface area (Å²) in [4.78, 5) is 0. The van der Waals surface area contributed by atoms with E-state index in [1.807, 2.05) is 6.92 Å². The number of benzene rings is 2. The Kier molecular flexibility index (Phi) is 7.00. The van der Waals surface area contributed by atoms with Gasteiger partial charge in [-0.15, -0.1) is 0 Å². The van der Waals surface area contributed by atoms with Crippen molar-refractivity contribution in [2.75, 3.05) is 6.26 Å². The van der Waals surface area contributed by atoms with Gasteiger partial charge < -0.3 is 0 Å². The van der Waals surface area contributed by atoms with E-state index >= 15 is 0 Å². The van der Waals surface area contributed by atoms with Gasteiger partial charge in [-0.3, -0.25) is 0 Å². The summed E-state index contributed by atoms with van der Waals surface area (Å²) in [6, 6.07) is 9.58. The van der Waals surface area contributed by atoms with Crippen LogP contribution in [0.15, 0.2) is 40.8 Å². The van der Waals surface area contributed by atoms with Crippen molar-refractivity contribution in [1.29, 1.82) is 0 Å². The Hall–Kier alpha value is -0.550. The molecule has 134 valence electrons. The van der Waals surface area contributed by atoms with E-state index < -0.39 is 14.9 Å². The molecule has 0 radical (unpaired) electrons. The summed E-state index contributed by atoms with van der Waals surface area (Å²) in [6.45, 7) is 1.87. The van der Waals surface area contributed by atoms with E-state index in [4.69, 9.17) is 11.6 Å². The Morgan fingerprint density at radius 3 is 2.40 bits per heavy atom. The molecule has 0 amide bonds. The summed E-state index contributed by atoms with van der Waals surface area (Å²) in [5.41, 5.74) is 1.67. The molecule has 0 aliphatic rings. The molecular weight excluding hydrogens is 501 g/mol. The average Bonchev–Trinajstić information content (AvgIpc) is 2.52. The zero-order valence-electron chi connectivity index (χ0n) is 13.2. The fraction of sp³-hybridized carbons (Fsp3) is 0.250. The number of alkyl halides is 3. The normalized spacial score (nSPS) is 14.2. The van der Waals surface area contributed by atoms with Crippen LogP contribution in [0.3, 0.4) is 0 Å². The van der Waals surface area contributed by atoms with Gasteiger partial charge in [0.2, 0.25) is 0 Å². The van der Waals surface area contributed by atoms with Crippen molar-refractivity contribution in [3.8, 4) is 11.1 Å². The van der Waals surface area contributed by atoms with Gasteiger partial charge in [-0.1, -0.05) is 35.9 Å². The maximum atomic E-state index is 14.1. The van der Waals surface area contributed by atoms with E-state index in [-0.39, 0.29) is 27.9 Å². The summed E-state index contributed by atoms with van der Waals surface area (Å²) >= 11 is 11.9. The van der Waals surface area contributed by atoms with Crippen LogP contribution in [0.5, 0.6) is 0 Å². The molecule has 0 saturated heterocycles. The third-order valence-electron chi connectivity index (χ3n) is 3.53. The van der Waals surface area contributed by atoms with Crippen molar-refractivity contribution in [3.05, 3.63) is 52.5 Å². The van der Waals surface area contributed by atoms with Gasteiger partial charge in [-0.25, -0.2) is 8.93 Å². The highest BCUT2D eigenvalue weighted by atomic mass is 127. The van der Waals surface area contributed by atoms with Crippen LogP contribution in [0, 0.1) is 0 Å². The van der Waals surface area contributed by atoms with E-state index in [2.05, 4.69) is 21.5 Å². The maximum Gasteiger partial charge on any atom is 0.322 e. The first-order valence-electron chi connectivity index (χ1n) is 7.07. The Balaban J connectivity index is 2.51. The third-order valence-corrected chi connectivity index (χ3v) is 5.30. The van der Waals surface area contributed by atoms with Crippen LogP contribution in [-0.4, -0.2) is 10.5 Å². The lowest BCUT2D eigenvalue weighted by atomic mass is 9.97. The third kappa shape index (κ3) is 5.22. The van der Waals surface area contributed by atoms with Crippen LogP contribution in [-0.2, 0) is 27.3 Å². The Bertz CT molecular complexity index is 813. The molecule has 0 aromatic heterocycles. The molecule has 0 aliphatic heterocycles. The standard InChI is InChI=1S/C16H14ClF2IN2OS2/c1-9(22-25(2)23)10-3-5-11(6-4-10)15-13(16(18,19)20)7-12(21-24)8-14(15)17/h3-9,22H,1-2H3/t9-,25?/m1/s1. The van der Waals surface area contributed by atoms with Gasteiger partial charge >= 0.3 is 3.93 Å². The molecule has 2 aromatic rings. The molecule has 0 saturated carbocycles. The highest BCUT2D eigenvalue weighted by molar-refractivity contribution is 14.1. The largest absolute Gasteiger partial charge is 0.322 e. The molecule has 2 aromatic carbocycles. The quantitative estimate of drug-likeness (QED) is 0.391. The van der Waals surface area contributed by atoms with E-state index in [1.165, 1.54) is 12.1 Å². The smallest absolute Gasteiger partial charge is 0.243 e. The van der Waals surface area contributed by atoms with E-state index in [9.17, 15) is 13.0 Å². The van der Waals surface area contributed by atoms with Crippen LogP contribution in [0.2, 0.25) is 5.02 Å². The second-order valence-electron chi connectivity index (χ2n) is 5.35. The van der Waals surface area contributed by atoms with Crippen LogP contribution in [0.25, 0.3) is 11.1 Å². The lowest BCUT2D eigenvalue weighted by molar-refractivity contribution is 0.128. The van der Waals surface area contributed by atoms with Crippen molar-refractivity contribution in [1.82, 2.24) is 4.72 Å². The first-order chi connectivity index (χ1) is 11.6. The van der Waals surface area contributed by atoms with Crippen molar-refractivity contribution >= 4 is 63.3 Å². The topological polar surface area (TPSA) is 41.5 Å². The highest BCUT2D eigenvalue weighted by Gasteiger charge is 2.32. The molecule has 0 heterocycles. The lowest BCUT2D eigenvalue weighted by Crippen LogP contribution is -2.19. The molecule has 3 nitrogen and oxygen atoms in total. The average molecular weight is 515 g/mol. The number of hydrogen-bond acceptors (Lipinski definition) is 3. The van der Waals surface area contributed by atoms with Gasteiger partial charge in [0, 0.05) is 58.4 Å². The number of hydrogen-bond donors (Lipinski definition) is 1. The fourth-order valence-electron chi connectivity index (χ4n) is 2.42. The minimum Gasteiger partial charge on any atom is -0.243 e. The molecule has 0 bridgehead atoms. The summed E-state index contributed by atoms with van der Waals surface area (Å²) in [6.07, 6.45) is 1.55. The summed E-state index contributed by atoms with van der Waals surface area (Å²) < 4.78 is 42.7. The monoisotopic (exact) mass is 514 g/mol. The molecule has 0 aliphatic carbocycles. The SMILES string of the molecule is C[C@@H](NS(C)=O)c1ccc(-c2c(Cl)cc(N=S)cc2C(F)(F)I)cc1.